The van der Waals surface area contributed by atoms with Gasteiger partial charge >= 0.3 is 0 Å². The number of rotatable bonds is 4. The predicted octanol–water partition coefficient (Wildman–Crippen LogP) is 2.82. The molecule has 1 aromatic heterocycles. The van der Waals surface area contributed by atoms with Gasteiger partial charge in [-0.15, -0.1) is 0 Å². The van der Waals surface area contributed by atoms with Gasteiger partial charge in [0.2, 0.25) is 11.8 Å². The number of carbonyl (C=O) groups excluding carboxylic acids is 2. The maximum Gasteiger partial charge on any atom is 0.239 e. The molecule has 0 radical (unpaired) electrons. The average Bonchev–Trinajstić information content (AvgIpc) is 2.95. The van der Waals surface area contributed by atoms with Crippen molar-refractivity contribution in [2.75, 3.05) is 11.4 Å². The normalized spacial score (nSPS) is 17.2. The molecule has 24 heavy (non-hydrogen) atoms. The lowest BCUT2D eigenvalue weighted by molar-refractivity contribution is -0.132. The predicted molar refractivity (Wildman–Crippen MR) is 95.4 cm³/mol. The van der Waals surface area contributed by atoms with Crippen LogP contribution in [0, 0.1) is 12.8 Å². The first-order valence-electron chi connectivity index (χ1n) is 7.80. The highest BCUT2D eigenvalue weighted by molar-refractivity contribution is 9.10. The zero-order valence-electron chi connectivity index (χ0n) is 13.3. The van der Waals surface area contributed by atoms with Crippen molar-refractivity contribution in [2.45, 2.75) is 19.9 Å². The molecule has 1 atom stereocenters. The Hall–Kier alpha value is -2.21. The molecule has 6 heteroatoms. The SMILES string of the molecule is Cc1cc(Br)ccc1N1CCC(C(=O)NCc2ccncc2)C1=O. The minimum Gasteiger partial charge on any atom is -0.351 e. The zero-order chi connectivity index (χ0) is 17.1. The van der Waals surface area contributed by atoms with E-state index < -0.39 is 5.92 Å². The van der Waals surface area contributed by atoms with Crippen LogP contribution >= 0.6 is 15.9 Å². The van der Waals surface area contributed by atoms with Gasteiger partial charge in [0.1, 0.15) is 5.92 Å². The van der Waals surface area contributed by atoms with E-state index in [2.05, 4.69) is 26.2 Å². The Morgan fingerprint density at radius 2 is 2.08 bits per heavy atom. The van der Waals surface area contributed by atoms with E-state index in [4.69, 9.17) is 0 Å². The second kappa shape index (κ2) is 7.13. The van der Waals surface area contributed by atoms with E-state index in [1.807, 2.05) is 37.3 Å². The Balaban J connectivity index is 1.66. The van der Waals surface area contributed by atoms with E-state index in [-0.39, 0.29) is 11.8 Å². The van der Waals surface area contributed by atoms with Gasteiger partial charge in [0, 0.05) is 35.6 Å². The molecule has 2 amide bonds. The molecule has 3 rings (SSSR count). The van der Waals surface area contributed by atoms with Gasteiger partial charge in [0.15, 0.2) is 0 Å². The van der Waals surface area contributed by atoms with Crippen LogP contribution in [0.1, 0.15) is 17.5 Å². The summed E-state index contributed by atoms with van der Waals surface area (Å²) in [6, 6.07) is 9.48. The number of carbonyl (C=O) groups is 2. The fraction of sp³-hybridized carbons (Fsp3) is 0.278. The van der Waals surface area contributed by atoms with Crippen molar-refractivity contribution in [2.24, 2.45) is 5.92 Å². The molecule has 0 bridgehead atoms. The van der Waals surface area contributed by atoms with E-state index in [1.165, 1.54) is 0 Å². The molecule has 5 nitrogen and oxygen atoms in total. The fourth-order valence-corrected chi connectivity index (χ4v) is 3.37. The number of anilines is 1. The Kier molecular flexibility index (Phi) is 4.94. The number of hydrogen-bond donors (Lipinski definition) is 1. The minimum atomic E-state index is -0.616. The number of hydrogen-bond acceptors (Lipinski definition) is 3. The molecule has 0 aliphatic carbocycles. The first-order chi connectivity index (χ1) is 11.6. The van der Waals surface area contributed by atoms with Gasteiger partial charge in [0.25, 0.3) is 0 Å². The zero-order valence-corrected chi connectivity index (χ0v) is 14.9. The highest BCUT2D eigenvalue weighted by Crippen LogP contribution is 2.29. The number of halogens is 1. The summed E-state index contributed by atoms with van der Waals surface area (Å²) in [6.07, 6.45) is 3.90. The van der Waals surface area contributed by atoms with Crippen molar-refractivity contribution >= 4 is 33.4 Å². The Morgan fingerprint density at radius 3 is 2.79 bits per heavy atom. The van der Waals surface area contributed by atoms with Crippen LogP contribution in [-0.2, 0) is 16.1 Å². The summed E-state index contributed by atoms with van der Waals surface area (Å²) < 4.78 is 0.974. The van der Waals surface area contributed by atoms with Crippen LogP contribution in [-0.4, -0.2) is 23.3 Å². The second-order valence-corrected chi connectivity index (χ2v) is 6.75. The number of pyridine rings is 1. The Labute approximate surface area is 149 Å². The van der Waals surface area contributed by atoms with Crippen LogP contribution in [0.15, 0.2) is 47.2 Å². The molecule has 1 aliphatic rings. The van der Waals surface area contributed by atoms with Crippen LogP contribution < -0.4 is 10.2 Å². The van der Waals surface area contributed by atoms with Crippen LogP contribution in [0.2, 0.25) is 0 Å². The lowest BCUT2D eigenvalue weighted by atomic mass is 10.1. The molecule has 1 saturated heterocycles. The number of benzene rings is 1. The van der Waals surface area contributed by atoms with Crippen molar-refractivity contribution < 1.29 is 9.59 Å². The number of nitrogens with zero attached hydrogens (tertiary/aromatic N) is 2. The lowest BCUT2D eigenvalue weighted by Gasteiger charge is -2.19. The first kappa shape index (κ1) is 16.6. The molecule has 1 fully saturated rings. The first-order valence-corrected chi connectivity index (χ1v) is 8.59. The van der Waals surface area contributed by atoms with Gasteiger partial charge < -0.3 is 10.2 Å². The minimum absolute atomic E-state index is 0.132. The molecule has 2 heterocycles. The molecular weight excluding hydrogens is 370 g/mol. The van der Waals surface area contributed by atoms with E-state index >= 15 is 0 Å². The van der Waals surface area contributed by atoms with Gasteiger partial charge in [-0.05, 0) is 54.8 Å². The summed E-state index contributed by atoms with van der Waals surface area (Å²) >= 11 is 3.43. The van der Waals surface area contributed by atoms with Crippen LogP contribution in [0.4, 0.5) is 5.69 Å². The van der Waals surface area contributed by atoms with E-state index in [0.717, 1.165) is 21.3 Å². The van der Waals surface area contributed by atoms with Crippen LogP contribution in [0.5, 0.6) is 0 Å². The van der Waals surface area contributed by atoms with E-state index in [0.29, 0.717) is 19.5 Å². The third-order valence-electron chi connectivity index (χ3n) is 4.19. The van der Waals surface area contributed by atoms with Crippen molar-refractivity contribution in [1.29, 1.82) is 0 Å². The topological polar surface area (TPSA) is 62.3 Å². The number of aryl methyl sites for hydroxylation is 1. The summed E-state index contributed by atoms with van der Waals surface area (Å²) in [5.41, 5.74) is 2.84. The molecule has 0 spiro atoms. The molecule has 124 valence electrons. The molecule has 0 saturated carbocycles. The summed E-state index contributed by atoms with van der Waals surface area (Å²) in [7, 11) is 0. The maximum atomic E-state index is 12.6. The smallest absolute Gasteiger partial charge is 0.239 e. The summed E-state index contributed by atoms with van der Waals surface area (Å²) in [5.74, 6) is -0.961. The standard InChI is InChI=1S/C18H18BrN3O2/c1-12-10-14(19)2-3-16(12)22-9-6-15(18(22)24)17(23)21-11-13-4-7-20-8-5-13/h2-5,7-8,10,15H,6,9,11H2,1H3,(H,21,23). The molecular formula is C18H18BrN3O2. The van der Waals surface area contributed by atoms with Gasteiger partial charge in [-0.1, -0.05) is 15.9 Å². The average molecular weight is 388 g/mol. The number of amides is 2. The van der Waals surface area contributed by atoms with Crippen molar-refractivity contribution in [3.8, 4) is 0 Å². The van der Waals surface area contributed by atoms with Crippen molar-refractivity contribution in [3.05, 3.63) is 58.3 Å². The molecule has 1 aromatic carbocycles. The van der Waals surface area contributed by atoms with Crippen molar-refractivity contribution in [3.63, 3.8) is 0 Å². The summed E-state index contributed by atoms with van der Waals surface area (Å²) in [5, 5.41) is 2.85. The molecule has 1 N–H and O–H groups in total. The van der Waals surface area contributed by atoms with Crippen LogP contribution in [0.25, 0.3) is 0 Å². The lowest BCUT2D eigenvalue weighted by Crippen LogP contribution is -2.36. The van der Waals surface area contributed by atoms with E-state index in [9.17, 15) is 9.59 Å². The van der Waals surface area contributed by atoms with Gasteiger partial charge in [-0.2, -0.15) is 0 Å². The second-order valence-electron chi connectivity index (χ2n) is 5.84. The highest BCUT2D eigenvalue weighted by Gasteiger charge is 2.37. The van der Waals surface area contributed by atoms with Crippen molar-refractivity contribution in [1.82, 2.24) is 10.3 Å². The third kappa shape index (κ3) is 3.48. The van der Waals surface area contributed by atoms with Crippen LogP contribution in [0.3, 0.4) is 0 Å². The fourth-order valence-electron chi connectivity index (χ4n) is 2.90. The van der Waals surface area contributed by atoms with Gasteiger partial charge in [0.05, 0.1) is 0 Å². The summed E-state index contributed by atoms with van der Waals surface area (Å²) in [4.78, 5) is 30.7. The maximum absolute atomic E-state index is 12.6. The number of aromatic nitrogens is 1. The molecule has 2 aromatic rings. The number of nitrogens with one attached hydrogen (secondary N) is 1. The summed E-state index contributed by atoms with van der Waals surface area (Å²) in [6.45, 7) is 2.93. The third-order valence-corrected chi connectivity index (χ3v) is 4.68. The monoisotopic (exact) mass is 387 g/mol. The Bertz CT molecular complexity index is 764. The molecule has 1 aliphatic heterocycles. The largest absolute Gasteiger partial charge is 0.351 e. The van der Waals surface area contributed by atoms with Gasteiger partial charge in [-0.3, -0.25) is 14.6 Å². The Morgan fingerprint density at radius 1 is 1.33 bits per heavy atom. The highest BCUT2D eigenvalue weighted by atomic mass is 79.9. The van der Waals surface area contributed by atoms with Gasteiger partial charge in [-0.25, -0.2) is 0 Å². The molecule has 1 unspecified atom stereocenters. The quantitative estimate of drug-likeness (QED) is 0.820. The van der Waals surface area contributed by atoms with E-state index in [1.54, 1.807) is 17.3 Å².